The number of esters is 1. The van der Waals surface area contributed by atoms with Crippen LogP contribution in [0.25, 0.3) is 0 Å². The fraction of sp³-hybridized carbons (Fsp3) is 0.316. The second-order valence-electron chi connectivity index (χ2n) is 7.00. The minimum atomic E-state index is -4.60. The lowest BCUT2D eigenvalue weighted by molar-refractivity contribution is -0.137. The highest BCUT2D eigenvalue weighted by molar-refractivity contribution is 6.33. The van der Waals surface area contributed by atoms with Crippen molar-refractivity contribution < 1.29 is 27.5 Å². The quantitative estimate of drug-likeness (QED) is 0.726. The van der Waals surface area contributed by atoms with Crippen LogP contribution in [0.2, 0.25) is 5.02 Å². The fourth-order valence-corrected chi connectivity index (χ4v) is 2.39. The van der Waals surface area contributed by atoms with Gasteiger partial charge in [-0.25, -0.2) is 9.78 Å². The first-order chi connectivity index (χ1) is 12.9. The van der Waals surface area contributed by atoms with Crippen LogP contribution in [-0.4, -0.2) is 23.5 Å². The summed E-state index contributed by atoms with van der Waals surface area (Å²) >= 11 is 5.70. The zero-order chi connectivity index (χ0) is 21.1. The number of ether oxygens (including phenoxy) is 1. The van der Waals surface area contributed by atoms with Crippen molar-refractivity contribution in [2.24, 2.45) is 0 Å². The number of rotatable bonds is 4. The topological polar surface area (TPSA) is 68.3 Å². The largest absolute Gasteiger partial charge is 0.452 e. The summed E-state index contributed by atoms with van der Waals surface area (Å²) in [5.41, 5.74) is 0.188. The van der Waals surface area contributed by atoms with Gasteiger partial charge in [-0.15, -0.1) is 0 Å². The summed E-state index contributed by atoms with van der Waals surface area (Å²) in [6, 6.07) is 7.42. The Balaban J connectivity index is 1.94. The normalized spacial score (nSPS) is 11.8. The molecule has 0 unspecified atom stereocenters. The van der Waals surface area contributed by atoms with Crippen molar-refractivity contribution in [2.45, 2.75) is 32.4 Å². The Morgan fingerprint density at radius 2 is 1.71 bits per heavy atom. The van der Waals surface area contributed by atoms with Crippen molar-refractivity contribution in [3.8, 4) is 0 Å². The van der Waals surface area contributed by atoms with Gasteiger partial charge in [0.15, 0.2) is 12.4 Å². The van der Waals surface area contributed by atoms with Crippen LogP contribution >= 0.6 is 11.6 Å². The molecule has 0 aliphatic heterocycles. The second-order valence-corrected chi connectivity index (χ2v) is 7.41. The van der Waals surface area contributed by atoms with Crippen molar-refractivity contribution in [3.05, 3.63) is 58.2 Å². The van der Waals surface area contributed by atoms with E-state index in [1.807, 2.05) is 20.8 Å². The van der Waals surface area contributed by atoms with Gasteiger partial charge in [-0.3, -0.25) is 4.79 Å². The minimum absolute atomic E-state index is 0.0732. The van der Waals surface area contributed by atoms with Crippen LogP contribution < -0.4 is 5.32 Å². The molecule has 0 bridgehead atoms. The third kappa shape index (κ3) is 5.69. The Morgan fingerprint density at radius 3 is 2.21 bits per heavy atom. The summed E-state index contributed by atoms with van der Waals surface area (Å²) in [7, 11) is 0. The maximum absolute atomic E-state index is 12.6. The molecule has 1 amide bonds. The molecule has 0 saturated carbocycles. The molecule has 1 aromatic heterocycles. The number of halogens is 4. The number of hydrogen-bond donors (Lipinski definition) is 1. The lowest BCUT2D eigenvalue weighted by Gasteiger charge is -2.18. The number of nitrogens with one attached hydrogen (secondary N) is 1. The standard InChI is InChI=1S/C19H18ClF3N2O3/c1-18(2,3)12-6-4-11(5-7-12)17(27)28-10-15(26)25-16-14(20)8-13(9-24-16)19(21,22)23/h4-9H,10H2,1-3H3,(H,24,25,26). The van der Waals surface area contributed by atoms with E-state index in [1.54, 1.807) is 24.3 Å². The van der Waals surface area contributed by atoms with Crippen molar-refractivity contribution in [1.29, 1.82) is 0 Å². The van der Waals surface area contributed by atoms with Crippen LogP contribution in [0, 0.1) is 0 Å². The lowest BCUT2D eigenvalue weighted by Crippen LogP contribution is -2.22. The molecule has 0 aliphatic rings. The summed E-state index contributed by atoms with van der Waals surface area (Å²) in [5, 5.41) is 1.82. The molecular weight excluding hydrogens is 397 g/mol. The number of anilines is 1. The number of hydrogen-bond acceptors (Lipinski definition) is 4. The average Bonchev–Trinajstić information content (AvgIpc) is 2.60. The first-order valence-electron chi connectivity index (χ1n) is 8.18. The smallest absolute Gasteiger partial charge is 0.417 e. The number of carbonyl (C=O) groups is 2. The van der Waals surface area contributed by atoms with Gasteiger partial charge >= 0.3 is 12.1 Å². The number of aromatic nitrogens is 1. The van der Waals surface area contributed by atoms with Crippen LogP contribution in [0.3, 0.4) is 0 Å². The first kappa shape index (κ1) is 21.7. The summed E-state index contributed by atoms with van der Waals surface area (Å²) in [4.78, 5) is 27.4. The zero-order valence-electron chi connectivity index (χ0n) is 15.4. The highest BCUT2D eigenvalue weighted by atomic mass is 35.5. The number of pyridine rings is 1. The summed E-state index contributed by atoms with van der Waals surface area (Å²) in [5.74, 6) is -1.75. The number of benzene rings is 1. The third-order valence-corrected chi connectivity index (χ3v) is 4.04. The van der Waals surface area contributed by atoms with E-state index in [1.165, 1.54) is 0 Å². The van der Waals surface area contributed by atoms with E-state index in [0.29, 0.717) is 12.3 Å². The summed E-state index contributed by atoms with van der Waals surface area (Å²) in [6.45, 7) is 5.46. The third-order valence-electron chi connectivity index (χ3n) is 3.75. The SMILES string of the molecule is CC(C)(C)c1ccc(C(=O)OCC(=O)Nc2ncc(C(F)(F)F)cc2Cl)cc1. The molecule has 1 heterocycles. The predicted molar refractivity (Wildman–Crippen MR) is 98.3 cm³/mol. The van der Waals surface area contributed by atoms with Crippen molar-refractivity contribution in [3.63, 3.8) is 0 Å². The highest BCUT2D eigenvalue weighted by Gasteiger charge is 2.31. The molecule has 9 heteroatoms. The Labute approximate surface area is 164 Å². The number of carbonyl (C=O) groups excluding carboxylic acids is 2. The average molecular weight is 415 g/mol. The molecule has 150 valence electrons. The van der Waals surface area contributed by atoms with E-state index in [4.69, 9.17) is 16.3 Å². The zero-order valence-corrected chi connectivity index (χ0v) is 16.1. The highest BCUT2D eigenvalue weighted by Crippen LogP contribution is 2.32. The molecule has 2 aromatic rings. The van der Waals surface area contributed by atoms with Crippen molar-refractivity contribution in [1.82, 2.24) is 4.98 Å². The van der Waals surface area contributed by atoms with Gasteiger partial charge in [0.2, 0.25) is 0 Å². The van der Waals surface area contributed by atoms with Gasteiger partial charge in [0, 0.05) is 6.20 Å². The van der Waals surface area contributed by atoms with E-state index in [2.05, 4.69) is 10.3 Å². The van der Waals surface area contributed by atoms with Crippen LogP contribution in [0.1, 0.15) is 42.3 Å². The Hall–Kier alpha value is -2.61. The van der Waals surface area contributed by atoms with Gasteiger partial charge in [-0.05, 0) is 29.2 Å². The van der Waals surface area contributed by atoms with Crippen molar-refractivity contribution >= 4 is 29.3 Å². The molecule has 0 spiro atoms. The maximum atomic E-state index is 12.6. The predicted octanol–water partition coefficient (Wildman–Crippen LogP) is 4.85. The fourth-order valence-electron chi connectivity index (χ4n) is 2.17. The van der Waals surface area contributed by atoms with Gasteiger partial charge in [0.25, 0.3) is 5.91 Å². The molecule has 0 radical (unpaired) electrons. The Morgan fingerprint density at radius 1 is 1.11 bits per heavy atom. The summed E-state index contributed by atoms with van der Waals surface area (Å²) < 4.78 is 42.6. The summed E-state index contributed by atoms with van der Waals surface area (Å²) in [6.07, 6.45) is -4.05. The molecule has 1 aromatic carbocycles. The van der Waals surface area contributed by atoms with Crippen LogP contribution in [0.15, 0.2) is 36.5 Å². The monoisotopic (exact) mass is 414 g/mol. The first-order valence-corrected chi connectivity index (χ1v) is 8.56. The molecule has 2 rings (SSSR count). The molecule has 28 heavy (non-hydrogen) atoms. The van der Waals surface area contributed by atoms with Gasteiger partial charge in [0.05, 0.1) is 16.1 Å². The van der Waals surface area contributed by atoms with Crippen molar-refractivity contribution in [2.75, 3.05) is 11.9 Å². The Kier molecular flexibility index (Phi) is 6.34. The number of alkyl halides is 3. The Bertz CT molecular complexity index is 875. The molecular formula is C19H18ClF3N2O3. The lowest BCUT2D eigenvalue weighted by atomic mass is 9.87. The number of nitrogens with zero attached hydrogens (tertiary/aromatic N) is 1. The number of amides is 1. The van der Waals surface area contributed by atoms with Gasteiger partial charge in [0.1, 0.15) is 0 Å². The van der Waals surface area contributed by atoms with Crippen LogP contribution in [0.4, 0.5) is 19.0 Å². The molecule has 0 fully saturated rings. The van der Waals surface area contributed by atoms with E-state index in [0.717, 1.165) is 5.56 Å². The molecule has 0 aliphatic carbocycles. The van der Waals surface area contributed by atoms with Crippen LogP contribution in [0.5, 0.6) is 0 Å². The molecule has 1 N–H and O–H groups in total. The van der Waals surface area contributed by atoms with E-state index in [-0.39, 0.29) is 21.8 Å². The minimum Gasteiger partial charge on any atom is -0.452 e. The van der Waals surface area contributed by atoms with E-state index in [9.17, 15) is 22.8 Å². The maximum Gasteiger partial charge on any atom is 0.417 e. The molecule has 5 nitrogen and oxygen atoms in total. The molecule has 0 saturated heterocycles. The molecule has 0 atom stereocenters. The second kappa shape index (κ2) is 8.18. The van der Waals surface area contributed by atoms with Gasteiger partial charge < -0.3 is 10.1 Å². The van der Waals surface area contributed by atoms with Gasteiger partial charge in [-0.2, -0.15) is 13.2 Å². The van der Waals surface area contributed by atoms with Crippen LogP contribution in [-0.2, 0) is 21.1 Å². The van der Waals surface area contributed by atoms with Gasteiger partial charge in [-0.1, -0.05) is 44.5 Å². The van der Waals surface area contributed by atoms with E-state index >= 15 is 0 Å². The van der Waals surface area contributed by atoms with E-state index < -0.39 is 30.2 Å².